The standard InChI is InChI=1S/C8H4N2S2.6CH3.2Sn/c1(7-9-3-5-11-7)2-8-10-4-6-12-8;;;;;;;;/h1-4H;6*1H3;;/b2-1+;;;;;;;;. The molecule has 0 aliphatic rings. The Morgan fingerprint density at radius 1 is 0.750 bits per heavy atom. The van der Waals surface area contributed by atoms with Crippen molar-refractivity contribution >= 4 is 77.4 Å². The summed E-state index contributed by atoms with van der Waals surface area (Å²) in [5, 5.41) is 2.23. The van der Waals surface area contributed by atoms with Crippen molar-refractivity contribution in [2.24, 2.45) is 0 Å². The first kappa shape index (κ1) is 17.0. The van der Waals surface area contributed by atoms with Gasteiger partial charge in [0.15, 0.2) is 0 Å². The Morgan fingerprint density at radius 3 is 1.35 bits per heavy atom. The number of nitrogens with zero attached hydrogens (tertiary/aromatic N) is 2. The fourth-order valence-corrected chi connectivity index (χ4v) is 12.9. The average molecular weight is 520 g/mol. The molecule has 0 fully saturated rings. The summed E-state index contributed by atoms with van der Waals surface area (Å²) < 4.78 is 3.06. The molecule has 2 nitrogen and oxygen atoms in total. The molecular weight excluding hydrogens is 498 g/mol. The normalized spacial score (nSPS) is 13.3. The number of hydrogen-bond donors (Lipinski definition) is 0. The van der Waals surface area contributed by atoms with Crippen molar-refractivity contribution in [1.82, 2.24) is 9.97 Å². The molecule has 0 atom stereocenters. The van der Waals surface area contributed by atoms with Gasteiger partial charge in [0.25, 0.3) is 0 Å². The Morgan fingerprint density at radius 2 is 1.10 bits per heavy atom. The minimum absolute atomic E-state index is 1.11. The minimum atomic E-state index is -1.94. The zero-order valence-electron chi connectivity index (χ0n) is 13.0. The quantitative estimate of drug-likeness (QED) is 0.574. The second kappa shape index (κ2) is 6.38. The van der Waals surface area contributed by atoms with Crippen LogP contribution in [0, 0.1) is 0 Å². The molecule has 0 aliphatic heterocycles. The van der Waals surface area contributed by atoms with Gasteiger partial charge in [-0.15, -0.1) is 0 Å². The Bertz CT molecular complexity index is 561. The van der Waals surface area contributed by atoms with Crippen LogP contribution in [0.5, 0.6) is 0 Å². The summed E-state index contributed by atoms with van der Waals surface area (Å²) in [5.41, 5.74) is 0. The van der Waals surface area contributed by atoms with E-state index >= 15 is 0 Å². The molecule has 0 N–H and O–H groups in total. The zero-order valence-corrected chi connectivity index (χ0v) is 20.4. The fraction of sp³-hybridized carbons (Fsp3) is 0.429. The summed E-state index contributed by atoms with van der Waals surface area (Å²) in [6.07, 6.45) is 8.40. The van der Waals surface area contributed by atoms with Crippen molar-refractivity contribution in [3.8, 4) is 0 Å². The fourth-order valence-electron chi connectivity index (χ4n) is 1.57. The van der Waals surface area contributed by atoms with E-state index in [4.69, 9.17) is 0 Å². The molecule has 0 bridgehead atoms. The van der Waals surface area contributed by atoms with E-state index in [1.165, 1.54) is 5.79 Å². The van der Waals surface area contributed by atoms with Crippen LogP contribution in [0.25, 0.3) is 12.2 Å². The van der Waals surface area contributed by atoms with Gasteiger partial charge >= 0.3 is 139 Å². The molecular formula is C14H22N2S2Sn2. The second-order valence-electron chi connectivity index (χ2n) is 6.96. The van der Waals surface area contributed by atoms with Crippen LogP contribution in [0.15, 0.2) is 12.4 Å². The van der Waals surface area contributed by atoms with Crippen molar-refractivity contribution in [2.45, 2.75) is 29.6 Å². The predicted molar refractivity (Wildman–Crippen MR) is 99.1 cm³/mol. The van der Waals surface area contributed by atoms with E-state index in [2.05, 4.69) is 64.2 Å². The van der Waals surface area contributed by atoms with E-state index < -0.39 is 36.8 Å². The maximum atomic E-state index is 4.53. The van der Waals surface area contributed by atoms with Crippen LogP contribution in [0.3, 0.4) is 0 Å². The van der Waals surface area contributed by atoms with Gasteiger partial charge in [-0.2, -0.15) is 0 Å². The van der Waals surface area contributed by atoms with E-state index in [9.17, 15) is 0 Å². The predicted octanol–water partition coefficient (Wildman–Crippen LogP) is 3.86. The monoisotopic (exact) mass is 522 g/mol. The molecule has 0 spiro atoms. The van der Waals surface area contributed by atoms with Crippen molar-refractivity contribution in [1.29, 1.82) is 0 Å². The Hall–Kier alpha value is 0.597. The van der Waals surface area contributed by atoms with Gasteiger partial charge in [0.1, 0.15) is 0 Å². The van der Waals surface area contributed by atoms with Gasteiger partial charge in [-0.3, -0.25) is 0 Å². The van der Waals surface area contributed by atoms with Crippen LogP contribution in [-0.2, 0) is 0 Å². The van der Waals surface area contributed by atoms with Gasteiger partial charge in [-0.05, 0) is 0 Å². The first-order valence-corrected chi connectivity index (χ1v) is 28.4. The molecule has 0 aromatic carbocycles. The first-order chi connectivity index (χ1) is 9.16. The number of hydrogen-bond acceptors (Lipinski definition) is 4. The van der Waals surface area contributed by atoms with Crippen LogP contribution < -0.4 is 5.79 Å². The molecule has 0 aliphatic carbocycles. The summed E-state index contributed by atoms with van der Waals surface area (Å²) in [6.45, 7) is 0. The van der Waals surface area contributed by atoms with E-state index in [0.717, 1.165) is 10.0 Å². The molecule has 2 aromatic rings. The number of thiazole rings is 2. The topological polar surface area (TPSA) is 25.8 Å². The van der Waals surface area contributed by atoms with Crippen LogP contribution in [-0.4, -0.2) is 46.7 Å². The van der Waals surface area contributed by atoms with Crippen molar-refractivity contribution in [3.05, 3.63) is 22.4 Å². The first-order valence-electron chi connectivity index (χ1n) is 6.77. The summed E-state index contributed by atoms with van der Waals surface area (Å²) in [7, 11) is 0. The molecule has 0 unspecified atom stereocenters. The summed E-state index contributed by atoms with van der Waals surface area (Å²) in [5.74, 6) is 0. The van der Waals surface area contributed by atoms with Crippen molar-refractivity contribution in [2.75, 3.05) is 0 Å². The molecule has 108 valence electrons. The van der Waals surface area contributed by atoms with Gasteiger partial charge in [-0.25, -0.2) is 0 Å². The molecule has 0 amide bonds. The Balaban J connectivity index is 2.14. The van der Waals surface area contributed by atoms with Crippen LogP contribution in [0.2, 0.25) is 29.6 Å². The summed E-state index contributed by atoms with van der Waals surface area (Å²) >= 11 is -0.172. The SMILES string of the molecule is [CH3][Sn]([CH3])([CH3])[c]1cnc(/C=C/c2nc[c]([Sn]([CH3])([CH3])[CH3])s2)s1. The van der Waals surface area contributed by atoms with E-state index in [1.807, 2.05) is 22.7 Å². The van der Waals surface area contributed by atoms with Gasteiger partial charge in [0, 0.05) is 0 Å². The van der Waals surface area contributed by atoms with Crippen molar-refractivity contribution in [3.63, 3.8) is 0 Å². The van der Waals surface area contributed by atoms with E-state index in [0.29, 0.717) is 0 Å². The van der Waals surface area contributed by atoms with E-state index in [-0.39, 0.29) is 0 Å². The molecule has 6 heteroatoms. The third-order valence-corrected chi connectivity index (χ3v) is 23.6. The van der Waals surface area contributed by atoms with Gasteiger partial charge in [0.05, 0.1) is 0 Å². The Labute approximate surface area is 138 Å². The van der Waals surface area contributed by atoms with Crippen molar-refractivity contribution < 1.29 is 0 Å². The second-order valence-corrected chi connectivity index (χ2v) is 39.9. The zero-order chi connectivity index (χ0) is 15.0. The maximum absolute atomic E-state index is 4.53. The molecule has 0 radical (unpaired) electrons. The number of rotatable bonds is 4. The van der Waals surface area contributed by atoms with Gasteiger partial charge in [0.2, 0.25) is 0 Å². The Kier molecular flexibility index (Phi) is 5.41. The van der Waals surface area contributed by atoms with Crippen LogP contribution in [0.1, 0.15) is 10.0 Å². The summed E-state index contributed by atoms with van der Waals surface area (Å²) in [4.78, 5) is 23.6. The number of aromatic nitrogens is 2. The van der Waals surface area contributed by atoms with E-state index in [1.54, 1.807) is 0 Å². The third kappa shape index (κ3) is 4.54. The third-order valence-electron chi connectivity index (χ3n) is 2.89. The molecule has 20 heavy (non-hydrogen) atoms. The van der Waals surface area contributed by atoms with Gasteiger partial charge < -0.3 is 0 Å². The molecule has 0 saturated heterocycles. The molecule has 2 rings (SSSR count). The average Bonchev–Trinajstić information content (AvgIpc) is 2.94. The van der Waals surface area contributed by atoms with Crippen LogP contribution in [0.4, 0.5) is 0 Å². The molecule has 2 aromatic heterocycles. The summed E-state index contributed by atoms with van der Waals surface area (Å²) in [6, 6.07) is 0. The van der Waals surface area contributed by atoms with Gasteiger partial charge in [-0.1, -0.05) is 0 Å². The molecule has 2 heterocycles. The molecule has 0 saturated carbocycles. The van der Waals surface area contributed by atoms with Crippen LogP contribution >= 0.6 is 22.7 Å².